The molecule has 0 bridgehead atoms. The molecule has 0 aromatic heterocycles. The van der Waals surface area contributed by atoms with Crippen molar-refractivity contribution in [3.63, 3.8) is 0 Å². The van der Waals surface area contributed by atoms with Crippen LogP contribution in [0.3, 0.4) is 0 Å². The summed E-state index contributed by atoms with van der Waals surface area (Å²) in [5.74, 6) is -40.6. The highest BCUT2D eigenvalue weighted by Crippen LogP contribution is 2.58. The summed E-state index contributed by atoms with van der Waals surface area (Å²) in [5, 5.41) is 1.02. The molecule has 1 rings (SSSR count). The van der Waals surface area contributed by atoms with Gasteiger partial charge in [-0.15, -0.1) is 0 Å². The van der Waals surface area contributed by atoms with Gasteiger partial charge in [-0.05, 0) is 19.1 Å². The zero-order valence-corrected chi connectivity index (χ0v) is 14.4. The third-order valence-electron chi connectivity index (χ3n) is 3.60. The Morgan fingerprint density at radius 3 is 1.87 bits per heavy atom. The minimum atomic E-state index is -7.78. The standard InChI is InChI=1S/C15H11F12NO2/c1-2-30-8-6-4-3-5-7(8)28-10(29)12(20,21)14(24,25)15(26,27)13(22,23)11(18,19)9(16)17/h3-6,9H,2H2,1H3,(H,28,29). The van der Waals surface area contributed by atoms with E-state index in [9.17, 15) is 57.5 Å². The summed E-state index contributed by atoms with van der Waals surface area (Å²) in [5.41, 5.74) is -0.784. The number of amides is 1. The molecule has 0 atom stereocenters. The van der Waals surface area contributed by atoms with E-state index in [0.29, 0.717) is 0 Å². The average Bonchev–Trinajstić information content (AvgIpc) is 2.62. The molecule has 172 valence electrons. The number of benzene rings is 1. The molecule has 0 aliphatic rings. The van der Waals surface area contributed by atoms with Crippen LogP contribution in [0.25, 0.3) is 0 Å². The summed E-state index contributed by atoms with van der Waals surface area (Å²) in [4.78, 5) is 11.5. The fraction of sp³-hybridized carbons (Fsp3) is 0.533. The summed E-state index contributed by atoms with van der Waals surface area (Å²) in [6.45, 7) is 1.22. The number of nitrogens with one attached hydrogen (secondary N) is 1. The zero-order chi connectivity index (χ0) is 23.8. The molecule has 1 aromatic carbocycles. The molecule has 1 N–H and O–H groups in total. The number of rotatable bonds is 9. The number of anilines is 1. The van der Waals surface area contributed by atoms with Gasteiger partial charge < -0.3 is 10.1 Å². The average molecular weight is 465 g/mol. The summed E-state index contributed by atoms with van der Waals surface area (Å²) in [6, 6.07) is 4.05. The number of carbonyl (C=O) groups excluding carboxylic acids is 1. The lowest BCUT2D eigenvalue weighted by Gasteiger charge is -2.38. The number of hydrogen-bond donors (Lipinski definition) is 1. The largest absolute Gasteiger partial charge is 0.492 e. The van der Waals surface area contributed by atoms with Crippen molar-refractivity contribution in [1.29, 1.82) is 0 Å². The highest BCUT2D eigenvalue weighted by molar-refractivity contribution is 5.98. The van der Waals surface area contributed by atoms with E-state index in [0.717, 1.165) is 23.5 Å². The molecule has 0 saturated heterocycles. The summed E-state index contributed by atoms with van der Waals surface area (Å²) in [6.07, 6.45) is -5.62. The number of ether oxygens (including phenoxy) is 1. The Balaban J connectivity index is 3.37. The molecule has 0 saturated carbocycles. The fourth-order valence-electron chi connectivity index (χ4n) is 1.94. The van der Waals surface area contributed by atoms with Crippen molar-refractivity contribution < 1.29 is 62.2 Å². The van der Waals surface area contributed by atoms with Crippen molar-refractivity contribution in [2.45, 2.75) is 43.0 Å². The monoisotopic (exact) mass is 465 g/mol. The maximum atomic E-state index is 13.8. The zero-order valence-electron chi connectivity index (χ0n) is 14.4. The van der Waals surface area contributed by atoms with E-state index < -0.39 is 53.4 Å². The molecule has 15 heteroatoms. The van der Waals surface area contributed by atoms with Crippen LogP contribution in [0.15, 0.2) is 24.3 Å². The normalized spacial score (nSPS) is 14.1. The molecule has 0 heterocycles. The van der Waals surface area contributed by atoms with Gasteiger partial charge in [0.05, 0.1) is 12.3 Å². The molecule has 3 nitrogen and oxygen atoms in total. The fourth-order valence-corrected chi connectivity index (χ4v) is 1.94. The van der Waals surface area contributed by atoms with Gasteiger partial charge in [0.15, 0.2) is 0 Å². The van der Waals surface area contributed by atoms with Crippen molar-refractivity contribution in [2.75, 3.05) is 11.9 Å². The van der Waals surface area contributed by atoms with Crippen molar-refractivity contribution >= 4 is 11.6 Å². The molecule has 30 heavy (non-hydrogen) atoms. The Morgan fingerprint density at radius 2 is 1.40 bits per heavy atom. The first kappa shape index (κ1) is 25.7. The number of para-hydroxylation sites is 2. The van der Waals surface area contributed by atoms with Gasteiger partial charge in [-0.2, -0.15) is 43.9 Å². The SMILES string of the molecule is CCOc1ccccc1NC(=O)C(F)(F)C(F)(F)C(F)(F)C(F)(F)C(F)(F)C(F)F. The van der Waals surface area contributed by atoms with Crippen molar-refractivity contribution in [3.8, 4) is 5.75 Å². The van der Waals surface area contributed by atoms with Gasteiger partial charge in [0, 0.05) is 0 Å². The number of halogens is 12. The lowest BCUT2D eigenvalue weighted by atomic mass is 9.94. The Labute approximate surface area is 160 Å². The molecular formula is C15H11F12NO2. The topological polar surface area (TPSA) is 38.3 Å². The first-order valence-electron chi connectivity index (χ1n) is 7.60. The van der Waals surface area contributed by atoms with E-state index in [2.05, 4.69) is 0 Å². The molecule has 1 amide bonds. The highest BCUT2D eigenvalue weighted by atomic mass is 19.4. The minimum Gasteiger partial charge on any atom is -0.492 e. The lowest BCUT2D eigenvalue weighted by molar-refractivity contribution is -0.406. The molecule has 0 spiro atoms. The van der Waals surface area contributed by atoms with Crippen LogP contribution < -0.4 is 10.1 Å². The van der Waals surface area contributed by atoms with Crippen LogP contribution in [-0.2, 0) is 4.79 Å². The summed E-state index contributed by atoms with van der Waals surface area (Å²) >= 11 is 0. The quantitative estimate of drug-likeness (QED) is 0.492. The second-order valence-electron chi connectivity index (χ2n) is 5.60. The Morgan fingerprint density at radius 1 is 0.900 bits per heavy atom. The minimum absolute atomic E-state index is 0.146. The number of carbonyl (C=O) groups is 1. The van der Waals surface area contributed by atoms with E-state index in [1.165, 1.54) is 13.0 Å². The second-order valence-corrected chi connectivity index (χ2v) is 5.60. The summed E-state index contributed by atoms with van der Waals surface area (Å²) < 4.78 is 162. The predicted octanol–water partition coefficient (Wildman–Crippen LogP) is 5.47. The van der Waals surface area contributed by atoms with Crippen LogP contribution in [0.2, 0.25) is 0 Å². The first-order valence-corrected chi connectivity index (χ1v) is 7.60. The Bertz CT molecular complexity index is 766. The van der Waals surface area contributed by atoms with Gasteiger partial charge in [-0.3, -0.25) is 4.79 Å². The Hall–Kier alpha value is -2.35. The molecular weight excluding hydrogens is 454 g/mol. The van der Waals surface area contributed by atoms with Crippen LogP contribution in [-0.4, -0.2) is 48.6 Å². The smallest absolute Gasteiger partial charge is 0.393 e. The van der Waals surface area contributed by atoms with Gasteiger partial charge in [0.1, 0.15) is 5.75 Å². The predicted molar refractivity (Wildman–Crippen MR) is 77.0 cm³/mol. The van der Waals surface area contributed by atoms with E-state index in [1.807, 2.05) is 0 Å². The van der Waals surface area contributed by atoms with E-state index in [4.69, 9.17) is 4.74 Å². The van der Waals surface area contributed by atoms with Crippen LogP contribution in [0.4, 0.5) is 58.4 Å². The molecule has 0 unspecified atom stereocenters. The van der Waals surface area contributed by atoms with Gasteiger partial charge in [0.25, 0.3) is 0 Å². The molecule has 0 aliphatic carbocycles. The maximum absolute atomic E-state index is 13.8. The summed E-state index contributed by atoms with van der Waals surface area (Å²) in [7, 11) is 0. The molecule has 0 fully saturated rings. The molecule has 1 aromatic rings. The van der Waals surface area contributed by atoms with Gasteiger partial charge in [0.2, 0.25) is 0 Å². The van der Waals surface area contributed by atoms with Gasteiger partial charge >= 0.3 is 41.9 Å². The molecule has 0 radical (unpaired) electrons. The van der Waals surface area contributed by atoms with Crippen LogP contribution in [0.1, 0.15) is 6.92 Å². The number of hydrogen-bond acceptors (Lipinski definition) is 2. The molecule has 0 aliphatic heterocycles. The van der Waals surface area contributed by atoms with E-state index in [-0.39, 0.29) is 6.61 Å². The van der Waals surface area contributed by atoms with Crippen molar-refractivity contribution in [3.05, 3.63) is 24.3 Å². The second kappa shape index (κ2) is 8.06. The Kier molecular flexibility index (Phi) is 6.90. The van der Waals surface area contributed by atoms with Gasteiger partial charge in [-0.25, -0.2) is 8.78 Å². The first-order chi connectivity index (χ1) is 13.4. The van der Waals surface area contributed by atoms with Crippen LogP contribution >= 0.6 is 0 Å². The number of alkyl halides is 12. The van der Waals surface area contributed by atoms with E-state index in [1.54, 1.807) is 0 Å². The van der Waals surface area contributed by atoms with Crippen molar-refractivity contribution in [1.82, 2.24) is 0 Å². The van der Waals surface area contributed by atoms with Gasteiger partial charge in [-0.1, -0.05) is 12.1 Å². The van der Waals surface area contributed by atoms with Crippen molar-refractivity contribution in [2.24, 2.45) is 0 Å². The highest BCUT2D eigenvalue weighted by Gasteiger charge is 2.89. The third-order valence-corrected chi connectivity index (χ3v) is 3.60. The maximum Gasteiger partial charge on any atom is 0.393 e. The van der Waals surface area contributed by atoms with Crippen LogP contribution in [0.5, 0.6) is 5.75 Å². The van der Waals surface area contributed by atoms with Crippen LogP contribution in [0, 0.1) is 0 Å². The van der Waals surface area contributed by atoms with E-state index >= 15 is 0 Å². The third kappa shape index (κ3) is 3.85. The lowest BCUT2D eigenvalue weighted by Crippen LogP contribution is -2.70.